The van der Waals surface area contributed by atoms with Gasteiger partial charge in [-0.05, 0) is 0 Å². The molecule has 4 aromatic carbocycles. The van der Waals surface area contributed by atoms with Crippen molar-refractivity contribution in [1.82, 2.24) is 0 Å². The summed E-state index contributed by atoms with van der Waals surface area (Å²) < 4.78 is 114. The Kier molecular flexibility index (Phi) is 5.74. The first-order chi connectivity index (χ1) is 15.6. The highest BCUT2D eigenvalue weighted by Crippen LogP contribution is 2.16. The van der Waals surface area contributed by atoms with Crippen LogP contribution in [0.3, 0.4) is 0 Å². The summed E-state index contributed by atoms with van der Waals surface area (Å²) in [6.07, 6.45) is -3.29. The summed E-state index contributed by atoms with van der Waals surface area (Å²) >= 11 is 0. The van der Waals surface area contributed by atoms with Crippen LogP contribution in [0.1, 0.15) is 1.43 Å². The topological polar surface area (TPSA) is 0 Å². The second kappa shape index (κ2) is 8.39. The molecule has 0 bridgehead atoms. The third kappa shape index (κ3) is 4.23. The molecule has 0 radical (unpaired) electrons. The van der Waals surface area contributed by atoms with Crippen LogP contribution in [0.5, 0.6) is 0 Å². The molecule has 0 fully saturated rings. The minimum absolute atomic E-state index is 0. The van der Waals surface area contributed by atoms with Crippen molar-refractivity contribution in [3.63, 3.8) is 0 Å². The molecule has 0 atom stereocenters. The SMILES string of the molecule is Fc1cc(F)cc([B-](c2cc(F)cc(F)c2)(c2cc(F)cc(F)c2)c2cc(F)cc(F)c2)c1.[H+]. The summed E-state index contributed by atoms with van der Waals surface area (Å²) in [5, 5.41) is 0. The highest BCUT2D eigenvalue weighted by molar-refractivity contribution is 7.19. The molecule has 4 rings (SSSR count). The number of hydrogen-bond donors (Lipinski definition) is 0. The van der Waals surface area contributed by atoms with Gasteiger partial charge in [-0.3, -0.25) is 0 Å². The average Bonchev–Trinajstić information content (AvgIpc) is 2.65. The predicted octanol–water partition coefficient (Wildman–Crippen LogP) is 4.29. The quantitative estimate of drug-likeness (QED) is 0.313. The predicted molar refractivity (Wildman–Crippen MR) is 111 cm³/mol. The average molecular weight is 464 g/mol. The first kappa shape index (κ1) is 22.6. The van der Waals surface area contributed by atoms with E-state index >= 15 is 0 Å². The smallest absolute Gasteiger partial charge is 0.207 e. The van der Waals surface area contributed by atoms with Crippen LogP contribution in [0.4, 0.5) is 35.1 Å². The molecule has 0 saturated carbocycles. The monoisotopic (exact) mass is 464 g/mol. The van der Waals surface area contributed by atoms with Gasteiger partial charge in [-0.25, -0.2) is 35.1 Å². The molecule has 168 valence electrons. The lowest BCUT2D eigenvalue weighted by atomic mass is 9.13. The number of halogens is 8. The van der Waals surface area contributed by atoms with Crippen LogP contribution in [0.15, 0.2) is 72.8 Å². The van der Waals surface area contributed by atoms with Crippen LogP contribution >= 0.6 is 0 Å². The molecule has 0 spiro atoms. The lowest BCUT2D eigenvalue weighted by Gasteiger charge is -2.44. The Morgan fingerprint density at radius 3 is 0.606 bits per heavy atom. The van der Waals surface area contributed by atoms with Gasteiger partial charge in [0.1, 0.15) is 52.7 Å². The Balaban J connectivity index is 0.00000324. The van der Waals surface area contributed by atoms with Crippen LogP contribution in [0.2, 0.25) is 0 Å². The van der Waals surface area contributed by atoms with E-state index in [1.165, 1.54) is 0 Å². The lowest BCUT2D eigenvalue weighted by Crippen LogP contribution is -2.75. The van der Waals surface area contributed by atoms with Gasteiger partial charge < -0.3 is 0 Å². The van der Waals surface area contributed by atoms with Crippen LogP contribution < -0.4 is 21.9 Å². The lowest BCUT2D eigenvalue weighted by molar-refractivity contribution is 0.585. The van der Waals surface area contributed by atoms with E-state index in [0.29, 0.717) is 24.3 Å². The molecule has 0 amide bonds. The fraction of sp³-hybridized carbons (Fsp3) is 0. The number of hydrogen-bond acceptors (Lipinski definition) is 0. The van der Waals surface area contributed by atoms with E-state index in [4.69, 9.17) is 0 Å². The molecule has 0 N–H and O–H groups in total. The summed E-state index contributed by atoms with van der Waals surface area (Å²) in [5.41, 5.74) is -1.42. The molecule has 0 nitrogen and oxygen atoms in total. The second-order valence-corrected chi connectivity index (χ2v) is 7.68. The minimum Gasteiger partial charge on any atom is -0.207 e. The molecule has 0 unspecified atom stereocenters. The summed E-state index contributed by atoms with van der Waals surface area (Å²) in [4.78, 5) is 0. The largest absolute Gasteiger partial charge is 1.00 e. The first-order valence-corrected chi connectivity index (χ1v) is 9.59. The molecular formula is C24H13BF8. The Hall–Kier alpha value is -3.62. The Morgan fingerprint density at radius 1 is 0.303 bits per heavy atom. The van der Waals surface area contributed by atoms with Crippen LogP contribution in [-0.4, -0.2) is 6.15 Å². The molecule has 0 heterocycles. The summed E-state index contributed by atoms with van der Waals surface area (Å²) in [6.45, 7) is 0. The molecule has 33 heavy (non-hydrogen) atoms. The van der Waals surface area contributed by atoms with E-state index in [1.807, 2.05) is 0 Å². The summed E-state index contributed by atoms with van der Waals surface area (Å²) in [7, 11) is 0. The van der Waals surface area contributed by atoms with E-state index in [2.05, 4.69) is 0 Å². The van der Waals surface area contributed by atoms with E-state index < -0.39 is 52.7 Å². The zero-order valence-corrected chi connectivity index (χ0v) is 16.5. The molecule has 4 aromatic rings. The maximum Gasteiger partial charge on any atom is 1.00 e. The van der Waals surface area contributed by atoms with Gasteiger partial charge in [0.25, 0.3) is 0 Å². The fourth-order valence-corrected chi connectivity index (χ4v) is 4.46. The summed E-state index contributed by atoms with van der Waals surface area (Å²) in [5.74, 6) is -8.99. The van der Waals surface area contributed by atoms with Crippen molar-refractivity contribution in [2.45, 2.75) is 0 Å². The number of rotatable bonds is 4. The first-order valence-electron chi connectivity index (χ1n) is 9.59. The third-order valence-electron chi connectivity index (χ3n) is 5.54. The van der Waals surface area contributed by atoms with Crippen LogP contribution in [0.25, 0.3) is 0 Å². The van der Waals surface area contributed by atoms with Gasteiger partial charge in [-0.1, -0.05) is 48.5 Å². The van der Waals surface area contributed by atoms with Crippen molar-refractivity contribution in [1.29, 1.82) is 0 Å². The molecule has 0 aliphatic carbocycles. The molecule has 0 aliphatic rings. The Morgan fingerprint density at radius 2 is 0.455 bits per heavy atom. The molecule has 0 saturated heterocycles. The van der Waals surface area contributed by atoms with Crippen molar-refractivity contribution >= 4 is 28.0 Å². The highest BCUT2D eigenvalue weighted by Gasteiger charge is 2.35. The van der Waals surface area contributed by atoms with Crippen molar-refractivity contribution in [2.24, 2.45) is 0 Å². The Bertz CT molecular complexity index is 1080. The zero-order valence-electron chi connectivity index (χ0n) is 17.5. The standard InChI is InChI=1S/C24H12BF8/c26-17-1-13(2-18(27)9-17)25(14-3-19(28)10-20(29)4-14,15-5-21(30)11-22(31)6-15)16-7-23(32)12-24(33)8-16/h1-12H/q-1/p+1. The van der Waals surface area contributed by atoms with Crippen LogP contribution in [0, 0.1) is 46.5 Å². The van der Waals surface area contributed by atoms with Gasteiger partial charge >= 0.3 is 1.43 Å². The maximum atomic E-state index is 14.3. The highest BCUT2D eigenvalue weighted by atomic mass is 19.2. The zero-order chi connectivity index (χ0) is 23.9. The minimum atomic E-state index is -3.29. The molecule has 9 heteroatoms. The fourth-order valence-electron chi connectivity index (χ4n) is 4.46. The van der Waals surface area contributed by atoms with Crippen molar-refractivity contribution in [2.75, 3.05) is 0 Å². The maximum absolute atomic E-state index is 14.3. The molecule has 0 aromatic heterocycles. The Labute approximate surface area is 184 Å². The van der Waals surface area contributed by atoms with E-state index in [0.717, 1.165) is 48.5 Å². The number of benzene rings is 4. The van der Waals surface area contributed by atoms with Crippen molar-refractivity contribution in [3.8, 4) is 0 Å². The molecular weight excluding hydrogens is 451 g/mol. The van der Waals surface area contributed by atoms with E-state index in [-0.39, 0.29) is 23.3 Å². The second-order valence-electron chi connectivity index (χ2n) is 7.68. The van der Waals surface area contributed by atoms with Crippen molar-refractivity contribution in [3.05, 3.63) is 119 Å². The van der Waals surface area contributed by atoms with Gasteiger partial charge in [0.15, 0.2) is 0 Å². The van der Waals surface area contributed by atoms with Gasteiger partial charge in [0, 0.05) is 24.3 Å². The summed E-state index contributed by atoms with van der Waals surface area (Å²) in [6, 6.07) is 8.24. The normalized spacial score (nSPS) is 11.6. The van der Waals surface area contributed by atoms with Gasteiger partial charge in [0.2, 0.25) is 0 Å². The van der Waals surface area contributed by atoms with Crippen LogP contribution in [-0.2, 0) is 0 Å². The van der Waals surface area contributed by atoms with Gasteiger partial charge in [0.05, 0.1) is 0 Å². The third-order valence-corrected chi connectivity index (χ3v) is 5.54. The van der Waals surface area contributed by atoms with E-state index in [1.54, 1.807) is 0 Å². The van der Waals surface area contributed by atoms with Gasteiger partial charge in [-0.2, -0.15) is 21.9 Å². The van der Waals surface area contributed by atoms with Gasteiger partial charge in [-0.15, -0.1) is 0 Å². The van der Waals surface area contributed by atoms with E-state index in [9.17, 15) is 35.1 Å². The molecule has 0 aliphatic heterocycles. The van der Waals surface area contributed by atoms with Crippen molar-refractivity contribution < 1.29 is 36.5 Å².